The highest BCUT2D eigenvalue weighted by Gasteiger charge is 2.28. The third-order valence-electron chi connectivity index (χ3n) is 6.57. The summed E-state index contributed by atoms with van der Waals surface area (Å²) in [5, 5.41) is 22.1. The molecular weight excluding hydrogens is 532 g/mol. The van der Waals surface area contributed by atoms with E-state index in [0.29, 0.717) is 39.7 Å². The Morgan fingerprint density at radius 2 is 1.93 bits per heavy atom. The van der Waals surface area contributed by atoms with Crippen LogP contribution in [0, 0.1) is 0 Å². The molecule has 40 heavy (non-hydrogen) atoms. The minimum absolute atomic E-state index is 0.123. The summed E-state index contributed by atoms with van der Waals surface area (Å²) in [7, 11) is 1.83. The summed E-state index contributed by atoms with van der Waals surface area (Å²) in [6.45, 7) is 2.27. The third-order valence-corrected chi connectivity index (χ3v) is 7.44. The summed E-state index contributed by atoms with van der Waals surface area (Å²) in [5.74, 6) is -0.957. The zero-order valence-corrected chi connectivity index (χ0v) is 22.4. The van der Waals surface area contributed by atoms with Crippen molar-refractivity contribution in [1.29, 1.82) is 0 Å². The van der Waals surface area contributed by atoms with Crippen molar-refractivity contribution in [2.75, 3.05) is 11.9 Å². The number of carbonyl (C=O) groups is 2. The number of carboxylic acid groups (broad SMARTS) is 1. The van der Waals surface area contributed by atoms with Crippen molar-refractivity contribution < 1.29 is 14.7 Å². The highest BCUT2D eigenvalue weighted by atomic mass is 32.1. The van der Waals surface area contributed by atoms with E-state index in [1.54, 1.807) is 40.0 Å². The number of nitrogens with one attached hydrogen (secondary N) is 2. The lowest BCUT2D eigenvalue weighted by molar-refractivity contribution is 0.0694. The maximum atomic E-state index is 13.2. The Balaban J connectivity index is 1.51. The Kier molecular flexibility index (Phi) is 6.34. The fourth-order valence-electron chi connectivity index (χ4n) is 4.50. The van der Waals surface area contributed by atoms with Crippen LogP contribution in [0.2, 0.25) is 0 Å². The van der Waals surface area contributed by atoms with Crippen LogP contribution < -0.4 is 16.1 Å². The summed E-state index contributed by atoms with van der Waals surface area (Å²) in [6.07, 6.45) is 10.0. The second-order valence-electron chi connectivity index (χ2n) is 9.45. The van der Waals surface area contributed by atoms with Crippen molar-refractivity contribution in [2.24, 2.45) is 7.05 Å². The van der Waals surface area contributed by atoms with Gasteiger partial charge >= 0.3 is 12.0 Å². The lowest BCUT2D eigenvalue weighted by atomic mass is 10.0. The molecule has 1 aliphatic carbocycles. The summed E-state index contributed by atoms with van der Waals surface area (Å²) in [4.78, 5) is 51.1. The smallest absolute Gasteiger partial charge is 0.341 e. The van der Waals surface area contributed by atoms with Crippen LogP contribution in [0.15, 0.2) is 53.3 Å². The van der Waals surface area contributed by atoms with Crippen LogP contribution >= 0.6 is 11.3 Å². The number of fused-ring (bicyclic) bond motifs is 1. The van der Waals surface area contributed by atoms with Gasteiger partial charge in [0.25, 0.3) is 0 Å². The van der Waals surface area contributed by atoms with Crippen molar-refractivity contribution in [1.82, 2.24) is 34.6 Å². The zero-order chi connectivity index (χ0) is 28.0. The fraction of sp³-hybridized carbons (Fsp3) is 0.222. The monoisotopic (exact) mass is 556 g/mol. The SMILES string of the molecule is CCNC(=O)Nc1cc(-c2nc(-c3cnn(C)c3)cs2)c(-c2cnc3c(c2)c(=O)c(C(=O)O)cn3C2CC2)cn1. The maximum absolute atomic E-state index is 13.2. The fourth-order valence-corrected chi connectivity index (χ4v) is 5.36. The molecule has 1 aliphatic rings. The molecule has 0 spiro atoms. The average Bonchev–Trinajstić information content (AvgIpc) is 3.49. The van der Waals surface area contributed by atoms with Crippen molar-refractivity contribution in [3.63, 3.8) is 0 Å². The predicted octanol–water partition coefficient (Wildman–Crippen LogP) is 4.16. The molecule has 0 radical (unpaired) electrons. The summed E-state index contributed by atoms with van der Waals surface area (Å²) in [6, 6.07) is 3.11. The number of anilines is 1. The van der Waals surface area contributed by atoms with E-state index in [0.717, 1.165) is 24.1 Å². The van der Waals surface area contributed by atoms with Gasteiger partial charge in [0, 0.05) is 72.1 Å². The second kappa shape index (κ2) is 10.0. The van der Waals surface area contributed by atoms with Gasteiger partial charge in [0.2, 0.25) is 5.43 Å². The van der Waals surface area contributed by atoms with E-state index in [2.05, 4.69) is 25.7 Å². The van der Waals surface area contributed by atoms with E-state index in [1.165, 1.54) is 17.5 Å². The molecule has 0 bridgehead atoms. The molecule has 12 nitrogen and oxygen atoms in total. The van der Waals surface area contributed by atoms with Crippen LogP contribution in [0.1, 0.15) is 36.2 Å². The number of hydrogen-bond acceptors (Lipinski definition) is 8. The first-order valence-corrected chi connectivity index (χ1v) is 13.5. The molecule has 1 saturated carbocycles. The van der Waals surface area contributed by atoms with Gasteiger partial charge in [-0.2, -0.15) is 5.10 Å². The van der Waals surface area contributed by atoms with Gasteiger partial charge in [0.1, 0.15) is 22.0 Å². The van der Waals surface area contributed by atoms with Crippen LogP contribution in [0.3, 0.4) is 0 Å². The Morgan fingerprint density at radius 3 is 2.62 bits per heavy atom. The van der Waals surface area contributed by atoms with Crippen LogP contribution in [0.25, 0.3) is 44.0 Å². The molecular formula is C27H24N8O4S. The highest BCUT2D eigenvalue weighted by Crippen LogP contribution is 2.39. The quantitative estimate of drug-likeness (QED) is 0.270. The van der Waals surface area contributed by atoms with Gasteiger partial charge in [0.05, 0.1) is 17.3 Å². The van der Waals surface area contributed by atoms with E-state index in [1.807, 2.05) is 25.5 Å². The van der Waals surface area contributed by atoms with Crippen LogP contribution in [-0.2, 0) is 7.05 Å². The molecule has 2 amide bonds. The minimum Gasteiger partial charge on any atom is -0.477 e. The number of aromatic carboxylic acids is 1. The number of rotatable bonds is 7. The summed E-state index contributed by atoms with van der Waals surface area (Å²) in [5.41, 5.74) is 3.02. The van der Waals surface area contributed by atoms with E-state index in [4.69, 9.17) is 4.98 Å². The maximum Gasteiger partial charge on any atom is 0.341 e. The first-order valence-electron chi connectivity index (χ1n) is 12.6. The first kappa shape index (κ1) is 25.4. The molecule has 6 rings (SSSR count). The lowest BCUT2D eigenvalue weighted by Gasteiger charge is -2.13. The highest BCUT2D eigenvalue weighted by molar-refractivity contribution is 7.13. The standard InChI is InChI=1S/C27H24N8O4S/c1-3-28-27(39)33-22-7-17(25-32-21(13-40-25)15-9-31-34(2)11-15)19(10-29-22)14-6-18-23(36)20(26(37)38)12-35(16-4-5-16)24(18)30-8-14/h6-13,16H,3-5H2,1-2H3,(H,37,38)(H2,28,29,33,39). The first-order chi connectivity index (χ1) is 19.3. The molecule has 0 atom stereocenters. The topological polar surface area (TPSA) is 157 Å². The van der Waals surface area contributed by atoms with Gasteiger partial charge < -0.3 is 15.0 Å². The van der Waals surface area contributed by atoms with Gasteiger partial charge in [-0.1, -0.05) is 0 Å². The number of carboxylic acids is 1. The number of carbonyl (C=O) groups excluding carboxylic acids is 1. The third kappa shape index (κ3) is 4.71. The van der Waals surface area contributed by atoms with E-state index in [-0.39, 0.29) is 17.0 Å². The normalized spacial score (nSPS) is 12.9. The Hall–Kier alpha value is -4.91. The molecule has 1 fully saturated rings. The lowest BCUT2D eigenvalue weighted by Crippen LogP contribution is -2.28. The molecule has 3 N–H and O–H groups in total. The van der Waals surface area contributed by atoms with Crippen molar-refractivity contribution in [3.8, 4) is 33.0 Å². The second-order valence-corrected chi connectivity index (χ2v) is 10.3. The predicted molar refractivity (Wildman–Crippen MR) is 150 cm³/mol. The van der Waals surface area contributed by atoms with E-state index in [9.17, 15) is 19.5 Å². The van der Waals surface area contributed by atoms with Crippen molar-refractivity contribution >= 4 is 40.2 Å². The van der Waals surface area contributed by atoms with Crippen molar-refractivity contribution in [2.45, 2.75) is 25.8 Å². The van der Waals surface area contributed by atoms with Gasteiger partial charge in [-0.3, -0.25) is 14.8 Å². The van der Waals surface area contributed by atoms with E-state index >= 15 is 0 Å². The largest absolute Gasteiger partial charge is 0.477 e. The number of hydrogen-bond donors (Lipinski definition) is 3. The Bertz CT molecular complexity index is 1850. The average molecular weight is 557 g/mol. The van der Waals surface area contributed by atoms with Gasteiger partial charge in [0.15, 0.2) is 0 Å². The minimum atomic E-state index is -1.28. The molecule has 0 saturated heterocycles. The summed E-state index contributed by atoms with van der Waals surface area (Å²) >= 11 is 1.41. The van der Waals surface area contributed by atoms with Gasteiger partial charge in [-0.25, -0.2) is 24.5 Å². The van der Waals surface area contributed by atoms with Gasteiger partial charge in [-0.15, -0.1) is 11.3 Å². The molecule has 13 heteroatoms. The number of amides is 2. The van der Waals surface area contributed by atoms with Gasteiger partial charge in [-0.05, 0) is 31.9 Å². The van der Waals surface area contributed by atoms with Crippen LogP contribution in [-0.4, -0.2) is 53.0 Å². The Morgan fingerprint density at radius 1 is 1.10 bits per heavy atom. The Labute approximate surface area is 231 Å². The number of aryl methyl sites for hydroxylation is 1. The molecule has 202 valence electrons. The molecule has 5 heterocycles. The summed E-state index contributed by atoms with van der Waals surface area (Å²) < 4.78 is 3.48. The molecule has 0 aliphatic heterocycles. The number of nitrogens with zero attached hydrogens (tertiary/aromatic N) is 6. The zero-order valence-electron chi connectivity index (χ0n) is 21.6. The van der Waals surface area contributed by atoms with E-state index < -0.39 is 17.4 Å². The number of pyridine rings is 3. The molecule has 0 aromatic carbocycles. The van der Waals surface area contributed by atoms with Crippen LogP contribution in [0.5, 0.6) is 0 Å². The number of urea groups is 1. The molecule has 5 aromatic rings. The number of thiazole rings is 1. The molecule has 0 unspecified atom stereocenters. The van der Waals surface area contributed by atoms with Crippen LogP contribution in [0.4, 0.5) is 10.6 Å². The molecule has 5 aromatic heterocycles. The van der Waals surface area contributed by atoms with Crippen molar-refractivity contribution in [3.05, 3.63) is 64.3 Å². The number of aromatic nitrogens is 6.